The number of imidazole rings is 1. The molecule has 0 saturated carbocycles. The van der Waals surface area contributed by atoms with Crippen LogP contribution in [0.25, 0.3) is 22.3 Å². The molecule has 0 fully saturated rings. The van der Waals surface area contributed by atoms with Gasteiger partial charge in [0.05, 0.1) is 23.7 Å². The number of rotatable bonds is 14. The van der Waals surface area contributed by atoms with Crippen molar-refractivity contribution < 1.29 is 33.3 Å². The number of nitrogens with zero attached hydrogens (tertiary/aromatic N) is 1. The van der Waals surface area contributed by atoms with Crippen molar-refractivity contribution in [2.24, 2.45) is 5.73 Å². The van der Waals surface area contributed by atoms with Crippen molar-refractivity contribution in [3.63, 3.8) is 0 Å². The molecule has 3 aromatic carbocycles. The Morgan fingerprint density at radius 3 is 2.62 bits per heavy atom. The second-order valence-corrected chi connectivity index (χ2v) is 13.5. The number of ether oxygens (including phenoxy) is 2. The third kappa shape index (κ3) is 7.51. The van der Waals surface area contributed by atoms with Crippen LogP contribution in [0.3, 0.4) is 0 Å². The van der Waals surface area contributed by atoms with E-state index in [2.05, 4.69) is 50.5 Å². The highest BCUT2D eigenvalue weighted by Crippen LogP contribution is 2.39. The molecule has 2 heterocycles. The van der Waals surface area contributed by atoms with Crippen LogP contribution in [0.1, 0.15) is 50.4 Å². The zero-order chi connectivity index (χ0) is 33.9. The topological polar surface area (TPSA) is 146 Å². The highest BCUT2D eigenvalue weighted by Gasteiger charge is 2.33. The van der Waals surface area contributed by atoms with Crippen molar-refractivity contribution in [3.05, 3.63) is 99.0 Å². The summed E-state index contributed by atoms with van der Waals surface area (Å²) in [6.07, 6.45) is 3.28. The number of aliphatic hydroxyl groups is 1. The van der Waals surface area contributed by atoms with Gasteiger partial charge in [-0.15, -0.1) is 0 Å². The average Bonchev–Trinajstić information content (AvgIpc) is 3.72. The molecule has 0 aliphatic rings. The first-order chi connectivity index (χ1) is 22.3. The first kappa shape index (κ1) is 34.5. The number of hydrogen-bond acceptors (Lipinski definition) is 6. The maximum Gasteiger partial charge on any atom is 0.307 e. The van der Waals surface area contributed by atoms with Crippen LogP contribution in [-0.2, 0) is 21.4 Å². The van der Waals surface area contributed by atoms with Gasteiger partial charge < -0.3 is 35.4 Å². The maximum absolute atomic E-state index is 15.3. The number of aromatic amines is 2. The predicted octanol–water partition coefficient (Wildman–Crippen LogP) is 7.06. The van der Waals surface area contributed by atoms with Crippen LogP contribution < -0.4 is 10.5 Å². The summed E-state index contributed by atoms with van der Waals surface area (Å²) in [5.74, 6) is -2.36. The normalized spacial score (nSPS) is 13.9. The molecule has 12 heteroatoms. The Labute approximate surface area is 284 Å². The molecule has 0 saturated heterocycles. The smallest absolute Gasteiger partial charge is 0.307 e. The van der Waals surface area contributed by atoms with Crippen LogP contribution in [0.15, 0.2) is 67.0 Å². The number of carboxylic acids is 1. The number of hydrogen-bond donors (Lipinski definition) is 5. The SMILES string of the molecule is CC(CCCOC(C)(C)C(O)CN)(c1cccc(I)c1)c1cnc(-c2cc(Oc3c(F)cc4[nH]ccc4c3CC(=O)O)ccc2F)[nH]1. The van der Waals surface area contributed by atoms with Crippen molar-refractivity contribution in [1.29, 1.82) is 0 Å². The Morgan fingerprint density at radius 1 is 1.11 bits per heavy atom. The molecule has 47 heavy (non-hydrogen) atoms. The predicted molar refractivity (Wildman–Crippen MR) is 184 cm³/mol. The Morgan fingerprint density at radius 2 is 1.89 bits per heavy atom. The number of aliphatic carboxylic acids is 1. The van der Waals surface area contributed by atoms with Gasteiger partial charge in [0.1, 0.15) is 17.4 Å². The molecule has 6 N–H and O–H groups in total. The first-order valence-corrected chi connectivity index (χ1v) is 16.2. The van der Waals surface area contributed by atoms with Crippen molar-refractivity contribution in [2.75, 3.05) is 13.2 Å². The van der Waals surface area contributed by atoms with E-state index in [0.29, 0.717) is 30.4 Å². The number of H-pyrrole nitrogens is 2. The third-order valence-electron chi connectivity index (χ3n) is 8.56. The number of carbonyl (C=O) groups is 1. The van der Waals surface area contributed by atoms with E-state index in [1.807, 2.05) is 18.2 Å². The molecule has 248 valence electrons. The van der Waals surface area contributed by atoms with Crippen LogP contribution in [0.4, 0.5) is 8.78 Å². The van der Waals surface area contributed by atoms with Crippen LogP contribution in [0.5, 0.6) is 11.5 Å². The lowest BCUT2D eigenvalue weighted by Gasteiger charge is -2.32. The summed E-state index contributed by atoms with van der Waals surface area (Å²) in [6, 6.07) is 14.9. The fraction of sp³-hybridized carbons (Fsp3) is 0.314. The number of aliphatic hydroxyl groups excluding tert-OH is 1. The molecule has 0 radical (unpaired) electrons. The molecule has 0 bridgehead atoms. The lowest BCUT2D eigenvalue weighted by atomic mass is 9.76. The molecule has 2 unspecified atom stereocenters. The lowest BCUT2D eigenvalue weighted by molar-refractivity contribution is -0.136. The van der Waals surface area contributed by atoms with Crippen molar-refractivity contribution >= 4 is 39.5 Å². The third-order valence-corrected chi connectivity index (χ3v) is 9.23. The highest BCUT2D eigenvalue weighted by molar-refractivity contribution is 14.1. The molecule has 9 nitrogen and oxygen atoms in total. The fourth-order valence-corrected chi connectivity index (χ4v) is 6.22. The number of fused-ring (bicyclic) bond motifs is 1. The first-order valence-electron chi connectivity index (χ1n) is 15.1. The van der Waals surface area contributed by atoms with Gasteiger partial charge in [-0.25, -0.2) is 13.8 Å². The van der Waals surface area contributed by atoms with E-state index in [-0.39, 0.29) is 35.0 Å². The molecule has 2 aromatic heterocycles. The number of carboxylic acid groups (broad SMARTS) is 1. The molecule has 0 spiro atoms. The van der Waals surface area contributed by atoms with Crippen molar-refractivity contribution in [2.45, 2.75) is 57.2 Å². The standard InChI is InChI=1S/C35H37F2IN4O5/c1-34(2,30(43)18-39)46-13-5-11-35(3,20-6-4-7-21(38)14-20)29-19-41-33(42-29)25-15-22(8-9-26(25)36)47-32-24(16-31(44)45)23-10-12-40-28(23)17-27(32)37/h4,6-10,12,14-15,17,19,30,40,43H,5,11,13,16,18,39H2,1-3H3,(H,41,42)(H,44,45). The van der Waals surface area contributed by atoms with E-state index in [1.165, 1.54) is 24.3 Å². The van der Waals surface area contributed by atoms with Gasteiger partial charge in [0.2, 0.25) is 0 Å². The fourth-order valence-electron chi connectivity index (χ4n) is 5.67. The largest absolute Gasteiger partial charge is 0.481 e. The average molecular weight is 759 g/mol. The summed E-state index contributed by atoms with van der Waals surface area (Å²) >= 11 is 2.26. The molecule has 0 aliphatic heterocycles. The van der Waals surface area contributed by atoms with Crippen molar-refractivity contribution in [1.82, 2.24) is 15.0 Å². The van der Waals surface area contributed by atoms with Crippen molar-refractivity contribution in [3.8, 4) is 22.9 Å². The summed E-state index contributed by atoms with van der Waals surface area (Å²) in [4.78, 5) is 22.4. The minimum atomic E-state index is -1.15. The lowest BCUT2D eigenvalue weighted by Crippen LogP contribution is -2.44. The van der Waals surface area contributed by atoms with Gasteiger partial charge in [0, 0.05) is 62.8 Å². The zero-order valence-corrected chi connectivity index (χ0v) is 28.4. The molecule has 5 rings (SSSR count). The molecule has 0 aliphatic carbocycles. The Balaban J connectivity index is 1.45. The van der Waals surface area contributed by atoms with Gasteiger partial charge >= 0.3 is 5.97 Å². The van der Waals surface area contributed by atoms with Crippen LogP contribution >= 0.6 is 22.6 Å². The number of nitrogens with two attached hydrogens (primary N) is 1. The van der Waals surface area contributed by atoms with Crippen LogP contribution in [-0.4, -0.2) is 56.0 Å². The van der Waals surface area contributed by atoms with Crippen LogP contribution in [0, 0.1) is 15.2 Å². The monoisotopic (exact) mass is 758 g/mol. The van der Waals surface area contributed by atoms with Gasteiger partial charge in [-0.05, 0) is 98.2 Å². The van der Waals surface area contributed by atoms with Gasteiger partial charge in [-0.3, -0.25) is 4.79 Å². The molecular formula is C35H37F2IN4O5. The van der Waals surface area contributed by atoms with Gasteiger partial charge in [-0.2, -0.15) is 0 Å². The minimum Gasteiger partial charge on any atom is -0.481 e. The summed E-state index contributed by atoms with van der Waals surface area (Å²) in [6.45, 7) is 6.16. The molecule has 2 atom stereocenters. The van der Waals surface area contributed by atoms with E-state index in [0.717, 1.165) is 14.8 Å². The summed E-state index contributed by atoms with van der Waals surface area (Å²) in [5, 5.41) is 20.2. The van der Waals surface area contributed by atoms with Gasteiger partial charge in [0.25, 0.3) is 0 Å². The second-order valence-electron chi connectivity index (χ2n) is 12.2. The number of nitrogens with one attached hydrogen (secondary N) is 2. The van der Waals surface area contributed by atoms with E-state index in [4.69, 9.17) is 15.2 Å². The highest BCUT2D eigenvalue weighted by atomic mass is 127. The van der Waals surface area contributed by atoms with E-state index in [9.17, 15) is 15.0 Å². The number of benzene rings is 3. The van der Waals surface area contributed by atoms with E-state index < -0.39 is 41.1 Å². The second kappa shape index (κ2) is 14.1. The summed E-state index contributed by atoms with van der Waals surface area (Å²) in [7, 11) is 0. The summed E-state index contributed by atoms with van der Waals surface area (Å²) in [5.41, 5.74) is 6.74. The van der Waals surface area contributed by atoms with E-state index in [1.54, 1.807) is 32.3 Å². The quantitative estimate of drug-likeness (QED) is 0.0602. The van der Waals surface area contributed by atoms with E-state index >= 15 is 8.78 Å². The van der Waals surface area contributed by atoms with Gasteiger partial charge in [0.15, 0.2) is 11.6 Å². The molecule has 5 aromatic rings. The Kier molecular flexibility index (Phi) is 10.3. The Bertz CT molecular complexity index is 1890. The maximum atomic E-state index is 15.3. The molecule has 0 amide bonds. The zero-order valence-electron chi connectivity index (χ0n) is 26.2. The summed E-state index contributed by atoms with van der Waals surface area (Å²) < 4.78 is 43.5. The number of aromatic nitrogens is 3. The van der Waals surface area contributed by atoms with Crippen LogP contribution in [0.2, 0.25) is 0 Å². The Hall–Kier alpha value is -3.85. The minimum absolute atomic E-state index is 0.0907. The number of halogens is 3. The molecular weight excluding hydrogens is 721 g/mol. The van der Waals surface area contributed by atoms with Gasteiger partial charge in [-0.1, -0.05) is 12.1 Å².